The highest BCUT2D eigenvalue weighted by molar-refractivity contribution is 14.1. The first-order valence-electron chi connectivity index (χ1n) is 5.06. The Morgan fingerprint density at radius 3 is 2.50 bits per heavy atom. The minimum absolute atomic E-state index is 0.301. The Morgan fingerprint density at radius 2 is 1.88 bits per heavy atom. The van der Waals surface area contributed by atoms with E-state index in [-0.39, 0.29) is 6.09 Å². The average molecular weight is 333 g/mol. The second-order valence-corrected chi connectivity index (χ2v) is 4.67. The molecule has 1 heterocycles. The van der Waals surface area contributed by atoms with Crippen molar-refractivity contribution in [3.8, 4) is 5.75 Å². The van der Waals surface area contributed by atoms with E-state index in [0.717, 1.165) is 3.57 Å². The Bertz CT molecular complexity index is 360. The van der Waals surface area contributed by atoms with Crippen LogP contribution in [0.1, 0.15) is 0 Å². The van der Waals surface area contributed by atoms with Gasteiger partial charge < -0.3 is 14.4 Å². The molecule has 0 aliphatic carbocycles. The standard InChI is InChI=1S/C11H12INO3/c12-9-1-3-10(4-2-9)16-11(14)13-5-7-15-8-6-13/h1-4H,5-8H2. The summed E-state index contributed by atoms with van der Waals surface area (Å²) in [5.41, 5.74) is 0. The summed E-state index contributed by atoms with van der Waals surface area (Å²) < 4.78 is 11.5. The molecule has 1 aliphatic rings. The molecule has 5 heteroatoms. The molecule has 0 atom stereocenters. The van der Waals surface area contributed by atoms with Crippen LogP contribution >= 0.6 is 22.6 Å². The fourth-order valence-electron chi connectivity index (χ4n) is 1.41. The fourth-order valence-corrected chi connectivity index (χ4v) is 1.77. The molecule has 1 saturated heterocycles. The maximum atomic E-state index is 11.7. The zero-order valence-corrected chi connectivity index (χ0v) is 10.8. The van der Waals surface area contributed by atoms with Crippen LogP contribution in [0.4, 0.5) is 4.79 Å². The fraction of sp³-hybridized carbons (Fsp3) is 0.364. The minimum atomic E-state index is -0.301. The van der Waals surface area contributed by atoms with E-state index in [0.29, 0.717) is 32.1 Å². The van der Waals surface area contributed by atoms with Gasteiger partial charge in [0.2, 0.25) is 0 Å². The van der Waals surface area contributed by atoms with Gasteiger partial charge in [-0.3, -0.25) is 0 Å². The second-order valence-electron chi connectivity index (χ2n) is 3.42. The quantitative estimate of drug-likeness (QED) is 0.739. The summed E-state index contributed by atoms with van der Waals surface area (Å²) in [5, 5.41) is 0. The number of amides is 1. The molecule has 1 amide bonds. The largest absolute Gasteiger partial charge is 0.415 e. The molecule has 0 N–H and O–H groups in total. The number of carbonyl (C=O) groups excluding carboxylic acids is 1. The third-order valence-electron chi connectivity index (χ3n) is 2.29. The Hall–Kier alpha value is -0.820. The Morgan fingerprint density at radius 1 is 1.25 bits per heavy atom. The maximum Gasteiger partial charge on any atom is 0.415 e. The first-order valence-corrected chi connectivity index (χ1v) is 6.13. The number of morpholine rings is 1. The van der Waals surface area contributed by atoms with Crippen molar-refractivity contribution in [1.29, 1.82) is 0 Å². The SMILES string of the molecule is O=C(Oc1ccc(I)cc1)N1CCOCC1. The Kier molecular flexibility index (Phi) is 4.00. The van der Waals surface area contributed by atoms with E-state index in [1.54, 1.807) is 17.0 Å². The molecule has 4 nitrogen and oxygen atoms in total. The third kappa shape index (κ3) is 3.08. The van der Waals surface area contributed by atoms with Crippen LogP contribution in [0.25, 0.3) is 0 Å². The molecule has 16 heavy (non-hydrogen) atoms. The summed E-state index contributed by atoms with van der Waals surface area (Å²) in [7, 11) is 0. The van der Waals surface area contributed by atoms with Crippen molar-refractivity contribution in [2.24, 2.45) is 0 Å². The van der Waals surface area contributed by atoms with Gasteiger partial charge in [-0.1, -0.05) is 0 Å². The van der Waals surface area contributed by atoms with E-state index in [1.165, 1.54) is 0 Å². The molecule has 1 aromatic rings. The van der Waals surface area contributed by atoms with Crippen molar-refractivity contribution in [2.45, 2.75) is 0 Å². The summed E-state index contributed by atoms with van der Waals surface area (Å²) in [6, 6.07) is 7.39. The third-order valence-corrected chi connectivity index (χ3v) is 3.01. The van der Waals surface area contributed by atoms with Crippen LogP contribution in [0.2, 0.25) is 0 Å². The lowest BCUT2D eigenvalue weighted by atomic mass is 10.3. The molecule has 0 unspecified atom stereocenters. The van der Waals surface area contributed by atoms with Crippen molar-refractivity contribution in [3.63, 3.8) is 0 Å². The molecule has 86 valence electrons. The van der Waals surface area contributed by atoms with Gasteiger partial charge in [0.05, 0.1) is 13.2 Å². The van der Waals surface area contributed by atoms with Crippen molar-refractivity contribution in [2.75, 3.05) is 26.3 Å². The van der Waals surface area contributed by atoms with Gasteiger partial charge in [0.1, 0.15) is 5.75 Å². The van der Waals surface area contributed by atoms with Crippen molar-refractivity contribution in [3.05, 3.63) is 27.8 Å². The van der Waals surface area contributed by atoms with Crippen molar-refractivity contribution in [1.82, 2.24) is 4.90 Å². The van der Waals surface area contributed by atoms with E-state index in [4.69, 9.17) is 9.47 Å². The van der Waals surface area contributed by atoms with Crippen molar-refractivity contribution < 1.29 is 14.3 Å². The van der Waals surface area contributed by atoms with Gasteiger partial charge in [0, 0.05) is 16.7 Å². The molecule has 1 aromatic carbocycles. The molecule has 0 aromatic heterocycles. The van der Waals surface area contributed by atoms with E-state index in [1.807, 2.05) is 12.1 Å². The average Bonchev–Trinajstić information content (AvgIpc) is 2.33. The van der Waals surface area contributed by atoms with Gasteiger partial charge in [-0.05, 0) is 46.9 Å². The second kappa shape index (κ2) is 5.49. The normalized spacial score (nSPS) is 15.9. The van der Waals surface area contributed by atoms with Gasteiger partial charge in [-0.2, -0.15) is 0 Å². The molecule has 1 aliphatic heterocycles. The number of halogens is 1. The first kappa shape index (κ1) is 11.7. The lowest BCUT2D eigenvalue weighted by Crippen LogP contribution is -2.42. The monoisotopic (exact) mass is 333 g/mol. The summed E-state index contributed by atoms with van der Waals surface area (Å²) in [6.07, 6.45) is -0.301. The molecular formula is C11H12INO3. The topological polar surface area (TPSA) is 38.8 Å². The lowest BCUT2D eigenvalue weighted by Gasteiger charge is -2.25. The smallest absolute Gasteiger partial charge is 0.410 e. The van der Waals surface area contributed by atoms with Crippen LogP contribution in [-0.2, 0) is 4.74 Å². The van der Waals surface area contributed by atoms with Gasteiger partial charge in [0.15, 0.2) is 0 Å². The highest BCUT2D eigenvalue weighted by Crippen LogP contribution is 2.14. The first-order chi connectivity index (χ1) is 7.75. The molecule has 0 spiro atoms. The van der Waals surface area contributed by atoms with Crippen LogP contribution in [0.3, 0.4) is 0 Å². The van der Waals surface area contributed by atoms with Crippen LogP contribution in [0.5, 0.6) is 5.75 Å². The maximum absolute atomic E-state index is 11.7. The molecule has 0 saturated carbocycles. The van der Waals surface area contributed by atoms with E-state index >= 15 is 0 Å². The summed E-state index contributed by atoms with van der Waals surface area (Å²) >= 11 is 2.21. The highest BCUT2D eigenvalue weighted by atomic mass is 127. The van der Waals surface area contributed by atoms with Gasteiger partial charge in [0.25, 0.3) is 0 Å². The van der Waals surface area contributed by atoms with Gasteiger partial charge in [-0.15, -0.1) is 0 Å². The van der Waals surface area contributed by atoms with Crippen LogP contribution in [0, 0.1) is 3.57 Å². The molecular weight excluding hydrogens is 321 g/mol. The molecule has 0 bridgehead atoms. The summed E-state index contributed by atoms with van der Waals surface area (Å²) in [4.78, 5) is 13.4. The Labute approximate surface area is 108 Å². The molecule has 0 radical (unpaired) electrons. The predicted octanol–water partition coefficient (Wildman–Crippen LogP) is 2.12. The predicted molar refractivity (Wildman–Crippen MR) is 67.6 cm³/mol. The number of rotatable bonds is 1. The highest BCUT2D eigenvalue weighted by Gasteiger charge is 2.18. The van der Waals surface area contributed by atoms with Gasteiger partial charge in [-0.25, -0.2) is 4.79 Å². The number of nitrogens with zero attached hydrogens (tertiary/aromatic N) is 1. The number of carbonyl (C=O) groups is 1. The summed E-state index contributed by atoms with van der Waals surface area (Å²) in [6.45, 7) is 2.37. The van der Waals surface area contributed by atoms with E-state index < -0.39 is 0 Å². The van der Waals surface area contributed by atoms with Crippen LogP contribution < -0.4 is 4.74 Å². The zero-order valence-electron chi connectivity index (χ0n) is 8.69. The Balaban J connectivity index is 1.93. The number of hydrogen-bond donors (Lipinski definition) is 0. The number of benzene rings is 1. The zero-order chi connectivity index (χ0) is 11.4. The van der Waals surface area contributed by atoms with E-state index in [2.05, 4.69) is 22.6 Å². The van der Waals surface area contributed by atoms with Gasteiger partial charge >= 0.3 is 6.09 Å². The van der Waals surface area contributed by atoms with Crippen molar-refractivity contribution >= 4 is 28.7 Å². The minimum Gasteiger partial charge on any atom is -0.410 e. The number of hydrogen-bond acceptors (Lipinski definition) is 3. The lowest BCUT2D eigenvalue weighted by molar-refractivity contribution is 0.0416. The molecule has 2 rings (SSSR count). The van der Waals surface area contributed by atoms with E-state index in [9.17, 15) is 4.79 Å². The van der Waals surface area contributed by atoms with Crippen LogP contribution in [0.15, 0.2) is 24.3 Å². The van der Waals surface area contributed by atoms with Crippen LogP contribution in [-0.4, -0.2) is 37.3 Å². The summed E-state index contributed by atoms with van der Waals surface area (Å²) in [5.74, 6) is 0.580. The molecule has 1 fully saturated rings. The number of ether oxygens (including phenoxy) is 2.